The fourth-order valence-corrected chi connectivity index (χ4v) is 2.75. The lowest BCUT2D eigenvalue weighted by Gasteiger charge is -2.29. The van der Waals surface area contributed by atoms with E-state index in [1.165, 1.54) is 57.8 Å². The molecule has 110 valence electrons. The summed E-state index contributed by atoms with van der Waals surface area (Å²) >= 11 is 0. The van der Waals surface area contributed by atoms with Crippen molar-refractivity contribution in [3.05, 3.63) is 0 Å². The molecule has 0 aromatic heterocycles. The van der Waals surface area contributed by atoms with E-state index in [0.717, 1.165) is 25.7 Å². The molecule has 1 atom stereocenters. The molecular formula is C16H36N2. The molecule has 0 spiro atoms. The second kappa shape index (κ2) is 13.4. The predicted molar refractivity (Wildman–Crippen MR) is 83.0 cm³/mol. The van der Waals surface area contributed by atoms with Crippen LogP contribution in [-0.4, -0.2) is 30.6 Å². The van der Waals surface area contributed by atoms with Crippen molar-refractivity contribution in [3.63, 3.8) is 0 Å². The molecule has 0 rings (SSSR count). The van der Waals surface area contributed by atoms with Gasteiger partial charge in [0.1, 0.15) is 0 Å². The van der Waals surface area contributed by atoms with Crippen molar-refractivity contribution < 1.29 is 0 Å². The molecule has 2 nitrogen and oxygen atoms in total. The van der Waals surface area contributed by atoms with E-state index in [-0.39, 0.29) is 0 Å². The van der Waals surface area contributed by atoms with E-state index in [2.05, 4.69) is 25.7 Å². The first kappa shape index (κ1) is 17.9. The Kier molecular flexibility index (Phi) is 13.3. The second-order valence-corrected chi connectivity index (χ2v) is 5.39. The zero-order valence-electron chi connectivity index (χ0n) is 13.1. The third-order valence-corrected chi connectivity index (χ3v) is 3.95. The molecule has 0 aromatic carbocycles. The molecule has 0 radical (unpaired) electrons. The van der Waals surface area contributed by atoms with E-state index in [9.17, 15) is 0 Å². The predicted octanol–water partition coefficient (Wildman–Crippen LogP) is 4.19. The lowest BCUT2D eigenvalue weighted by atomic mass is 10.0. The third kappa shape index (κ3) is 8.93. The highest BCUT2D eigenvalue weighted by Gasteiger charge is 2.13. The van der Waals surface area contributed by atoms with Crippen molar-refractivity contribution in [2.75, 3.05) is 19.6 Å². The number of nitrogens with two attached hydrogens (primary N) is 1. The van der Waals surface area contributed by atoms with Gasteiger partial charge in [0.2, 0.25) is 0 Å². The molecule has 1 unspecified atom stereocenters. The molecule has 0 aliphatic rings. The van der Waals surface area contributed by atoms with Gasteiger partial charge < -0.3 is 5.73 Å². The molecule has 0 aromatic rings. The maximum absolute atomic E-state index is 5.68. The number of likely N-dealkylation sites (N-methyl/N-ethyl adjacent to an activating group) is 1. The van der Waals surface area contributed by atoms with E-state index in [4.69, 9.17) is 5.73 Å². The molecular weight excluding hydrogens is 220 g/mol. The van der Waals surface area contributed by atoms with E-state index < -0.39 is 0 Å². The molecule has 0 amide bonds. The Morgan fingerprint density at radius 2 is 1.50 bits per heavy atom. The molecule has 0 aliphatic carbocycles. The zero-order valence-corrected chi connectivity index (χ0v) is 13.1. The zero-order chi connectivity index (χ0) is 13.6. The number of unbranched alkanes of at least 4 members (excludes halogenated alkanes) is 6. The molecule has 0 saturated heterocycles. The molecule has 0 bridgehead atoms. The Hall–Kier alpha value is -0.0800. The summed E-state index contributed by atoms with van der Waals surface area (Å²) in [5.74, 6) is 0. The van der Waals surface area contributed by atoms with E-state index >= 15 is 0 Å². The van der Waals surface area contributed by atoms with Crippen LogP contribution >= 0.6 is 0 Å². The van der Waals surface area contributed by atoms with Gasteiger partial charge in [-0.05, 0) is 19.4 Å². The standard InChI is InChI=1S/C16H36N2/c1-4-7-8-9-10-11-12-13-16(5-2)18(6-3)15-14-17/h16H,4-15,17H2,1-3H3. The van der Waals surface area contributed by atoms with Crippen molar-refractivity contribution in [2.24, 2.45) is 5.73 Å². The van der Waals surface area contributed by atoms with Gasteiger partial charge in [-0.15, -0.1) is 0 Å². The molecule has 2 N–H and O–H groups in total. The third-order valence-electron chi connectivity index (χ3n) is 3.95. The normalized spacial score (nSPS) is 13.2. The van der Waals surface area contributed by atoms with Crippen molar-refractivity contribution in [2.45, 2.75) is 84.6 Å². The number of rotatable bonds is 13. The van der Waals surface area contributed by atoms with Crippen LogP contribution < -0.4 is 5.73 Å². The minimum atomic E-state index is 0.759. The Labute approximate surface area is 115 Å². The average molecular weight is 256 g/mol. The Morgan fingerprint density at radius 3 is 2.00 bits per heavy atom. The summed E-state index contributed by atoms with van der Waals surface area (Å²) in [6, 6.07) is 0.759. The van der Waals surface area contributed by atoms with Gasteiger partial charge >= 0.3 is 0 Å². The number of nitrogens with zero attached hydrogens (tertiary/aromatic N) is 1. The van der Waals surface area contributed by atoms with Crippen LogP contribution in [0.3, 0.4) is 0 Å². The summed E-state index contributed by atoms with van der Waals surface area (Å²) in [6.07, 6.45) is 12.5. The summed E-state index contributed by atoms with van der Waals surface area (Å²) in [7, 11) is 0. The van der Waals surface area contributed by atoms with Crippen LogP contribution in [-0.2, 0) is 0 Å². The minimum absolute atomic E-state index is 0.759. The fraction of sp³-hybridized carbons (Fsp3) is 1.00. The van der Waals surface area contributed by atoms with E-state index in [0.29, 0.717) is 0 Å². The SMILES string of the molecule is CCCCCCCCCC(CC)N(CC)CCN. The highest BCUT2D eigenvalue weighted by molar-refractivity contribution is 4.69. The van der Waals surface area contributed by atoms with E-state index in [1.54, 1.807) is 0 Å². The highest BCUT2D eigenvalue weighted by atomic mass is 15.1. The molecule has 2 heteroatoms. The monoisotopic (exact) mass is 256 g/mol. The van der Waals surface area contributed by atoms with Crippen LogP contribution in [0.1, 0.15) is 78.6 Å². The summed E-state index contributed by atoms with van der Waals surface area (Å²) in [4.78, 5) is 2.55. The summed E-state index contributed by atoms with van der Waals surface area (Å²) < 4.78 is 0. The molecule has 18 heavy (non-hydrogen) atoms. The van der Waals surface area contributed by atoms with Gasteiger partial charge in [0.15, 0.2) is 0 Å². The summed E-state index contributed by atoms with van der Waals surface area (Å²) in [5.41, 5.74) is 5.68. The van der Waals surface area contributed by atoms with Gasteiger partial charge in [0.25, 0.3) is 0 Å². The van der Waals surface area contributed by atoms with Gasteiger partial charge in [0.05, 0.1) is 0 Å². The van der Waals surface area contributed by atoms with Crippen molar-refractivity contribution >= 4 is 0 Å². The molecule has 0 aliphatic heterocycles. The van der Waals surface area contributed by atoms with Crippen LogP contribution in [0.15, 0.2) is 0 Å². The summed E-state index contributed by atoms with van der Waals surface area (Å²) in [5, 5.41) is 0. The first-order valence-electron chi connectivity index (χ1n) is 8.24. The molecule has 0 heterocycles. The topological polar surface area (TPSA) is 29.3 Å². The first-order valence-corrected chi connectivity index (χ1v) is 8.24. The molecule has 0 fully saturated rings. The second-order valence-electron chi connectivity index (χ2n) is 5.39. The van der Waals surface area contributed by atoms with Gasteiger partial charge in [0, 0.05) is 19.1 Å². The highest BCUT2D eigenvalue weighted by Crippen LogP contribution is 2.14. The minimum Gasteiger partial charge on any atom is -0.329 e. The van der Waals surface area contributed by atoms with Gasteiger partial charge in [-0.3, -0.25) is 4.90 Å². The summed E-state index contributed by atoms with van der Waals surface area (Å²) in [6.45, 7) is 9.84. The van der Waals surface area contributed by atoms with Crippen molar-refractivity contribution in [1.29, 1.82) is 0 Å². The van der Waals surface area contributed by atoms with Crippen LogP contribution in [0.5, 0.6) is 0 Å². The maximum atomic E-state index is 5.68. The van der Waals surface area contributed by atoms with Crippen LogP contribution in [0.2, 0.25) is 0 Å². The average Bonchev–Trinajstić information content (AvgIpc) is 2.40. The van der Waals surface area contributed by atoms with Gasteiger partial charge in [-0.2, -0.15) is 0 Å². The van der Waals surface area contributed by atoms with Crippen molar-refractivity contribution in [3.8, 4) is 0 Å². The Bertz CT molecular complexity index is 159. The molecule has 0 saturated carbocycles. The smallest absolute Gasteiger partial charge is 0.0107 e. The van der Waals surface area contributed by atoms with Crippen molar-refractivity contribution in [1.82, 2.24) is 4.90 Å². The van der Waals surface area contributed by atoms with Crippen LogP contribution in [0.25, 0.3) is 0 Å². The lowest BCUT2D eigenvalue weighted by Crippen LogP contribution is -2.38. The van der Waals surface area contributed by atoms with Crippen LogP contribution in [0, 0.1) is 0 Å². The van der Waals surface area contributed by atoms with E-state index in [1.807, 2.05) is 0 Å². The Balaban J connectivity index is 3.59. The quantitative estimate of drug-likeness (QED) is 0.501. The largest absolute Gasteiger partial charge is 0.329 e. The first-order chi connectivity index (χ1) is 8.79. The lowest BCUT2D eigenvalue weighted by molar-refractivity contribution is 0.192. The maximum Gasteiger partial charge on any atom is 0.0107 e. The Morgan fingerprint density at radius 1 is 0.889 bits per heavy atom. The van der Waals surface area contributed by atoms with Crippen LogP contribution in [0.4, 0.5) is 0 Å². The number of hydrogen-bond acceptors (Lipinski definition) is 2. The van der Waals surface area contributed by atoms with Gasteiger partial charge in [-0.25, -0.2) is 0 Å². The fourth-order valence-electron chi connectivity index (χ4n) is 2.75. The van der Waals surface area contributed by atoms with Gasteiger partial charge in [-0.1, -0.05) is 65.7 Å². The number of hydrogen-bond donors (Lipinski definition) is 1.